The zero-order chi connectivity index (χ0) is 14.4. The van der Waals surface area contributed by atoms with Crippen LogP contribution < -0.4 is 5.32 Å². The summed E-state index contributed by atoms with van der Waals surface area (Å²) in [5, 5.41) is 4.78. The summed E-state index contributed by atoms with van der Waals surface area (Å²) in [6, 6.07) is 14.2. The van der Waals surface area contributed by atoms with Crippen molar-refractivity contribution in [1.82, 2.24) is 5.32 Å². The van der Waals surface area contributed by atoms with E-state index in [9.17, 15) is 0 Å². The maximum Gasteiger partial charge on any atom is 0.0461 e. The van der Waals surface area contributed by atoms with E-state index < -0.39 is 0 Å². The molecule has 2 rings (SSSR count). The molecule has 0 saturated heterocycles. The van der Waals surface area contributed by atoms with Gasteiger partial charge in [0, 0.05) is 27.2 Å². The van der Waals surface area contributed by atoms with Crippen LogP contribution in [-0.2, 0) is 12.3 Å². The molecule has 0 aliphatic rings. The molecule has 0 heterocycles. The van der Waals surface area contributed by atoms with Crippen LogP contribution in [0.15, 0.2) is 47.4 Å². The smallest absolute Gasteiger partial charge is 0.0461 e. The summed E-state index contributed by atoms with van der Waals surface area (Å²) < 4.78 is 0. The number of benzene rings is 2. The molecular weight excluding hydrogens is 309 g/mol. The van der Waals surface area contributed by atoms with Gasteiger partial charge >= 0.3 is 0 Å². The summed E-state index contributed by atoms with van der Waals surface area (Å²) in [6.07, 6.45) is 0. The molecule has 0 atom stereocenters. The third-order valence-electron chi connectivity index (χ3n) is 2.95. The monoisotopic (exact) mass is 325 g/mol. The summed E-state index contributed by atoms with van der Waals surface area (Å²) in [7, 11) is 0. The van der Waals surface area contributed by atoms with Crippen molar-refractivity contribution in [1.29, 1.82) is 0 Å². The maximum atomic E-state index is 6.17. The van der Waals surface area contributed by atoms with Crippen LogP contribution in [0.2, 0.25) is 10.0 Å². The van der Waals surface area contributed by atoms with E-state index in [1.165, 1.54) is 10.5 Å². The van der Waals surface area contributed by atoms with Gasteiger partial charge in [0.15, 0.2) is 0 Å². The lowest BCUT2D eigenvalue weighted by atomic mass is 10.2. The Balaban J connectivity index is 1.97. The van der Waals surface area contributed by atoms with Crippen LogP contribution in [0.3, 0.4) is 0 Å². The first-order valence-corrected chi connectivity index (χ1v) is 8.30. The van der Waals surface area contributed by atoms with Gasteiger partial charge in [-0.15, -0.1) is 11.8 Å². The van der Waals surface area contributed by atoms with E-state index in [2.05, 4.69) is 36.5 Å². The molecule has 0 bridgehead atoms. The van der Waals surface area contributed by atoms with Gasteiger partial charge in [-0.2, -0.15) is 0 Å². The standard InChI is InChI=1S/C16H17Cl2NS/c1-2-19-10-12-6-8-13(9-7-12)20-11-14-15(17)4-3-5-16(14)18/h3-9,19H,2,10-11H2,1H3. The van der Waals surface area contributed by atoms with Crippen LogP contribution >= 0.6 is 35.0 Å². The molecule has 0 amide bonds. The van der Waals surface area contributed by atoms with E-state index in [4.69, 9.17) is 23.2 Å². The summed E-state index contributed by atoms with van der Waals surface area (Å²) in [5.41, 5.74) is 2.30. The van der Waals surface area contributed by atoms with Gasteiger partial charge in [-0.1, -0.05) is 48.3 Å². The molecule has 0 aliphatic carbocycles. The molecule has 1 nitrogen and oxygen atoms in total. The Morgan fingerprint density at radius 2 is 1.65 bits per heavy atom. The highest BCUT2D eigenvalue weighted by atomic mass is 35.5. The Morgan fingerprint density at radius 3 is 2.25 bits per heavy atom. The number of thioether (sulfide) groups is 1. The van der Waals surface area contributed by atoms with Crippen molar-refractivity contribution in [2.75, 3.05) is 6.54 Å². The second-order valence-electron chi connectivity index (χ2n) is 4.41. The Labute approximate surface area is 134 Å². The fraction of sp³-hybridized carbons (Fsp3) is 0.250. The van der Waals surface area contributed by atoms with Gasteiger partial charge in [-0.25, -0.2) is 0 Å². The summed E-state index contributed by atoms with van der Waals surface area (Å²) in [5.74, 6) is 0.783. The molecule has 0 spiro atoms. The van der Waals surface area contributed by atoms with E-state index in [1.54, 1.807) is 11.8 Å². The lowest BCUT2D eigenvalue weighted by molar-refractivity contribution is 0.726. The number of rotatable bonds is 6. The quantitative estimate of drug-likeness (QED) is 0.714. The topological polar surface area (TPSA) is 12.0 Å². The normalized spacial score (nSPS) is 10.8. The Hall–Kier alpha value is -0.670. The van der Waals surface area contributed by atoms with Crippen molar-refractivity contribution >= 4 is 35.0 Å². The van der Waals surface area contributed by atoms with Crippen molar-refractivity contribution in [3.8, 4) is 0 Å². The number of halogens is 2. The van der Waals surface area contributed by atoms with E-state index in [1.807, 2.05) is 18.2 Å². The number of hydrogen-bond acceptors (Lipinski definition) is 2. The van der Waals surface area contributed by atoms with Crippen molar-refractivity contribution in [3.63, 3.8) is 0 Å². The lowest BCUT2D eigenvalue weighted by Gasteiger charge is -2.07. The van der Waals surface area contributed by atoms with Crippen LogP contribution in [-0.4, -0.2) is 6.54 Å². The molecule has 0 aliphatic heterocycles. The zero-order valence-electron chi connectivity index (χ0n) is 11.3. The third kappa shape index (κ3) is 4.42. The summed E-state index contributed by atoms with van der Waals surface area (Å²) >= 11 is 14.1. The van der Waals surface area contributed by atoms with Gasteiger partial charge < -0.3 is 5.32 Å². The highest BCUT2D eigenvalue weighted by Gasteiger charge is 2.06. The van der Waals surface area contributed by atoms with Crippen molar-refractivity contribution < 1.29 is 0 Å². The molecule has 0 fully saturated rings. The zero-order valence-corrected chi connectivity index (χ0v) is 13.7. The van der Waals surface area contributed by atoms with Crippen molar-refractivity contribution in [2.45, 2.75) is 24.1 Å². The van der Waals surface area contributed by atoms with E-state index >= 15 is 0 Å². The molecule has 2 aromatic carbocycles. The van der Waals surface area contributed by atoms with Crippen LogP contribution in [0.1, 0.15) is 18.1 Å². The Morgan fingerprint density at radius 1 is 1.00 bits per heavy atom. The van der Waals surface area contributed by atoms with E-state index in [0.717, 1.165) is 34.5 Å². The average molecular weight is 326 g/mol. The third-order valence-corrected chi connectivity index (χ3v) is 4.69. The van der Waals surface area contributed by atoms with Crippen LogP contribution in [0, 0.1) is 0 Å². The molecule has 0 saturated carbocycles. The minimum Gasteiger partial charge on any atom is -0.313 e. The molecule has 0 unspecified atom stereocenters. The van der Waals surface area contributed by atoms with Gasteiger partial charge in [0.2, 0.25) is 0 Å². The van der Waals surface area contributed by atoms with Gasteiger partial charge in [0.05, 0.1) is 0 Å². The van der Waals surface area contributed by atoms with Gasteiger partial charge in [-0.3, -0.25) is 0 Å². The van der Waals surface area contributed by atoms with Gasteiger partial charge in [0.1, 0.15) is 0 Å². The minimum absolute atomic E-state index is 0.730. The average Bonchev–Trinajstić information content (AvgIpc) is 2.46. The second-order valence-corrected chi connectivity index (χ2v) is 6.28. The first-order chi connectivity index (χ1) is 9.70. The highest BCUT2D eigenvalue weighted by molar-refractivity contribution is 7.98. The minimum atomic E-state index is 0.730. The maximum absolute atomic E-state index is 6.17. The molecule has 1 N–H and O–H groups in total. The fourth-order valence-corrected chi connectivity index (χ4v) is 3.44. The van der Waals surface area contributed by atoms with Crippen LogP contribution in [0.4, 0.5) is 0 Å². The fourth-order valence-electron chi connectivity index (χ4n) is 1.80. The van der Waals surface area contributed by atoms with E-state index in [0.29, 0.717) is 0 Å². The molecule has 20 heavy (non-hydrogen) atoms. The largest absolute Gasteiger partial charge is 0.313 e. The van der Waals surface area contributed by atoms with E-state index in [-0.39, 0.29) is 0 Å². The van der Waals surface area contributed by atoms with Gasteiger partial charge in [-0.05, 0) is 41.9 Å². The summed E-state index contributed by atoms with van der Waals surface area (Å²) in [4.78, 5) is 1.22. The molecule has 2 aromatic rings. The van der Waals surface area contributed by atoms with Crippen molar-refractivity contribution in [3.05, 3.63) is 63.6 Å². The summed E-state index contributed by atoms with van der Waals surface area (Å²) in [6.45, 7) is 4.01. The van der Waals surface area contributed by atoms with Crippen LogP contribution in [0.5, 0.6) is 0 Å². The second kappa shape index (κ2) is 7.94. The molecular formula is C16H17Cl2NS. The molecule has 4 heteroatoms. The first-order valence-electron chi connectivity index (χ1n) is 6.56. The Bertz CT molecular complexity index is 535. The number of hydrogen-bond donors (Lipinski definition) is 1. The SMILES string of the molecule is CCNCc1ccc(SCc2c(Cl)cccc2Cl)cc1. The van der Waals surface area contributed by atoms with Crippen molar-refractivity contribution in [2.24, 2.45) is 0 Å². The Kier molecular flexibility index (Phi) is 6.24. The predicted octanol–water partition coefficient (Wildman–Crippen LogP) is 5.40. The molecule has 0 aromatic heterocycles. The molecule has 106 valence electrons. The lowest BCUT2D eigenvalue weighted by Crippen LogP contribution is -2.11. The van der Waals surface area contributed by atoms with Crippen LogP contribution in [0.25, 0.3) is 0 Å². The number of nitrogens with one attached hydrogen (secondary N) is 1. The predicted molar refractivity (Wildman–Crippen MR) is 89.8 cm³/mol. The molecule has 0 radical (unpaired) electrons. The van der Waals surface area contributed by atoms with Gasteiger partial charge in [0.25, 0.3) is 0 Å². The first kappa shape index (κ1) is 15.7. The highest BCUT2D eigenvalue weighted by Crippen LogP contribution is 2.31.